The second kappa shape index (κ2) is 3.15. The predicted molar refractivity (Wildman–Crippen MR) is 40.3 cm³/mol. The molecule has 0 aromatic rings. The molecule has 0 aromatic carbocycles. The molecular formula is C6H11F2NOS. The van der Waals surface area contributed by atoms with E-state index in [9.17, 15) is 13.0 Å². The minimum absolute atomic E-state index is 0.265. The lowest BCUT2D eigenvalue weighted by Crippen LogP contribution is -2.35. The highest BCUT2D eigenvalue weighted by Crippen LogP contribution is 2.18. The molecule has 2 nitrogen and oxygen atoms in total. The summed E-state index contributed by atoms with van der Waals surface area (Å²) in [5.74, 6) is -2.88. The number of nitrogens with zero attached hydrogens (tertiary/aromatic N) is 1. The van der Waals surface area contributed by atoms with Crippen LogP contribution in [0.25, 0.3) is 0 Å². The van der Waals surface area contributed by atoms with Gasteiger partial charge in [-0.15, -0.1) is 0 Å². The van der Waals surface area contributed by atoms with Crippen molar-refractivity contribution >= 4 is 10.8 Å². The summed E-state index contributed by atoms with van der Waals surface area (Å²) < 4.78 is 36.3. The third-order valence-electron chi connectivity index (χ3n) is 1.57. The maximum atomic E-state index is 12.7. The molecule has 0 saturated carbocycles. The van der Waals surface area contributed by atoms with Crippen molar-refractivity contribution in [3.05, 3.63) is 0 Å². The molecule has 0 aromatic heterocycles. The van der Waals surface area contributed by atoms with Gasteiger partial charge < -0.3 is 0 Å². The molecule has 0 radical (unpaired) electrons. The van der Waals surface area contributed by atoms with Gasteiger partial charge in [0.1, 0.15) is 0 Å². The number of rotatable bonds is 0. The Bertz CT molecular complexity index is 174. The Labute approximate surface area is 67.0 Å². The average molecular weight is 183 g/mol. The van der Waals surface area contributed by atoms with Crippen LogP contribution in [0, 0.1) is 0 Å². The van der Waals surface area contributed by atoms with E-state index in [1.807, 2.05) is 0 Å². The molecule has 0 amide bonds. The molecule has 66 valence electrons. The van der Waals surface area contributed by atoms with E-state index in [0.717, 1.165) is 0 Å². The highest BCUT2D eigenvalue weighted by molar-refractivity contribution is 7.85. The molecule has 1 unspecified atom stereocenters. The normalized spacial score (nSPS) is 33.2. The zero-order valence-electron chi connectivity index (χ0n) is 6.35. The lowest BCUT2D eigenvalue weighted by Gasteiger charge is -2.17. The summed E-state index contributed by atoms with van der Waals surface area (Å²) in [5.41, 5.74) is 0. The average Bonchev–Trinajstić information content (AvgIpc) is 1.89. The van der Waals surface area contributed by atoms with Gasteiger partial charge in [0, 0.05) is 23.1 Å². The second-order valence-corrected chi connectivity index (χ2v) is 4.46. The zero-order chi connectivity index (χ0) is 8.48. The molecule has 5 heteroatoms. The van der Waals surface area contributed by atoms with Crippen LogP contribution in [0.1, 0.15) is 0 Å². The quantitative estimate of drug-likeness (QED) is 0.539. The van der Waals surface area contributed by atoms with Crippen molar-refractivity contribution < 1.29 is 13.0 Å². The fraction of sp³-hybridized carbons (Fsp3) is 1.00. The molecule has 1 fully saturated rings. The Morgan fingerprint density at radius 2 is 2.18 bits per heavy atom. The Hall–Kier alpha value is -0.0300. The van der Waals surface area contributed by atoms with Gasteiger partial charge in [-0.1, -0.05) is 0 Å². The lowest BCUT2D eigenvalue weighted by atomic mass is 10.3. The minimum Gasteiger partial charge on any atom is -0.300 e. The van der Waals surface area contributed by atoms with Crippen molar-refractivity contribution in [2.24, 2.45) is 0 Å². The highest BCUT2D eigenvalue weighted by atomic mass is 32.2. The van der Waals surface area contributed by atoms with Gasteiger partial charge in [0.05, 0.1) is 12.3 Å². The van der Waals surface area contributed by atoms with E-state index < -0.39 is 22.5 Å². The second-order valence-electron chi connectivity index (χ2n) is 2.88. The molecule has 1 aliphatic rings. The standard InChI is InChI=1S/C6H11F2NOS/c1-9-2-3-11(10)5-6(7,8)4-9/h2-5H2,1H3. The van der Waals surface area contributed by atoms with E-state index in [1.165, 1.54) is 4.90 Å². The van der Waals surface area contributed by atoms with Gasteiger partial charge in [-0.25, -0.2) is 8.78 Å². The molecule has 0 bridgehead atoms. The molecule has 1 rings (SSSR count). The monoisotopic (exact) mass is 183 g/mol. The van der Waals surface area contributed by atoms with Crippen molar-refractivity contribution in [2.75, 3.05) is 31.6 Å². The first-order valence-corrected chi connectivity index (χ1v) is 4.90. The largest absolute Gasteiger partial charge is 0.300 e. The van der Waals surface area contributed by atoms with Crippen LogP contribution in [-0.4, -0.2) is 46.7 Å². The van der Waals surface area contributed by atoms with Gasteiger partial charge in [0.25, 0.3) is 5.92 Å². The molecule has 1 heterocycles. The number of alkyl halides is 2. The maximum Gasteiger partial charge on any atom is 0.271 e. The number of halogens is 2. The van der Waals surface area contributed by atoms with Crippen molar-refractivity contribution in [2.45, 2.75) is 5.92 Å². The van der Waals surface area contributed by atoms with E-state index in [-0.39, 0.29) is 6.54 Å². The van der Waals surface area contributed by atoms with Crippen molar-refractivity contribution in [3.8, 4) is 0 Å². The molecule has 1 aliphatic heterocycles. The van der Waals surface area contributed by atoms with E-state index >= 15 is 0 Å². The van der Waals surface area contributed by atoms with Crippen LogP contribution in [0.5, 0.6) is 0 Å². The molecule has 11 heavy (non-hydrogen) atoms. The predicted octanol–water partition coefficient (Wildman–Crippen LogP) is 0.316. The van der Waals surface area contributed by atoms with Crippen LogP contribution in [0.3, 0.4) is 0 Å². The van der Waals surface area contributed by atoms with Crippen LogP contribution >= 0.6 is 0 Å². The van der Waals surface area contributed by atoms with Crippen LogP contribution in [0.4, 0.5) is 8.78 Å². The molecule has 1 atom stereocenters. The van der Waals surface area contributed by atoms with Crippen LogP contribution in [-0.2, 0) is 10.8 Å². The summed E-state index contributed by atoms with van der Waals surface area (Å²) in [5, 5.41) is 0. The van der Waals surface area contributed by atoms with Crippen molar-refractivity contribution in [3.63, 3.8) is 0 Å². The van der Waals surface area contributed by atoms with E-state index in [0.29, 0.717) is 12.3 Å². The first kappa shape index (κ1) is 9.06. The molecule has 1 saturated heterocycles. The summed E-state index contributed by atoms with van der Waals surface area (Å²) in [6.45, 7) is 0.237. The Morgan fingerprint density at radius 3 is 2.82 bits per heavy atom. The van der Waals surface area contributed by atoms with Gasteiger partial charge in [-0.2, -0.15) is 0 Å². The summed E-state index contributed by atoms with van der Waals surface area (Å²) >= 11 is 0. The third kappa shape index (κ3) is 2.83. The Balaban J connectivity index is 2.63. The van der Waals surface area contributed by atoms with Crippen molar-refractivity contribution in [1.82, 2.24) is 4.90 Å². The van der Waals surface area contributed by atoms with E-state index in [4.69, 9.17) is 0 Å². The third-order valence-corrected chi connectivity index (χ3v) is 2.96. The van der Waals surface area contributed by atoms with E-state index in [2.05, 4.69) is 0 Å². The smallest absolute Gasteiger partial charge is 0.271 e. The van der Waals surface area contributed by atoms with Gasteiger partial charge in [0.2, 0.25) is 0 Å². The van der Waals surface area contributed by atoms with Crippen LogP contribution < -0.4 is 0 Å². The Kier molecular flexibility index (Phi) is 2.59. The van der Waals surface area contributed by atoms with Crippen molar-refractivity contribution in [1.29, 1.82) is 0 Å². The lowest BCUT2D eigenvalue weighted by molar-refractivity contribution is 0.000354. The SMILES string of the molecule is CN1CCS(=O)CC(F)(F)C1. The first-order chi connectivity index (χ1) is 4.99. The summed E-state index contributed by atoms with van der Waals surface area (Å²) in [4.78, 5) is 1.52. The maximum absolute atomic E-state index is 12.7. The molecule has 0 N–H and O–H groups in total. The highest BCUT2D eigenvalue weighted by Gasteiger charge is 2.35. The summed E-state index contributed by atoms with van der Waals surface area (Å²) in [6, 6.07) is 0. The van der Waals surface area contributed by atoms with Gasteiger partial charge in [0.15, 0.2) is 0 Å². The topological polar surface area (TPSA) is 20.3 Å². The Morgan fingerprint density at radius 1 is 1.55 bits per heavy atom. The number of hydrogen-bond donors (Lipinski definition) is 0. The zero-order valence-corrected chi connectivity index (χ0v) is 7.16. The first-order valence-electron chi connectivity index (χ1n) is 3.41. The molecule has 0 aliphatic carbocycles. The van der Waals surface area contributed by atoms with Crippen LogP contribution in [0.15, 0.2) is 0 Å². The van der Waals surface area contributed by atoms with Gasteiger partial charge in [-0.3, -0.25) is 9.11 Å². The molecular weight excluding hydrogens is 172 g/mol. The molecule has 0 spiro atoms. The number of hydrogen-bond acceptors (Lipinski definition) is 2. The van der Waals surface area contributed by atoms with Gasteiger partial charge in [-0.05, 0) is 7.05 Å². The van der Waals surface area contributed by atoms with Gasteiger partial charge >= 0.3 is 0 Å². The summed E-state index contributed by atoms with van der Waals surface area (Å²) in [7, 11) is 0.282. The fourth-order valence-corrected chi connectivity index (χ4v) is 2.31. The minimum atomic E-state index is -2.77. The van der Waals surface area contributed by atoms with Crippen LogP contribution in [0.2, 0.25) is 0 Å². The summed E-state index contributed by atoms with van der Waals surface area (Å²) in [6.07, 6.45) is 0. The fourth-order valence-electron chi connectivity index (χ4n) is 1.08. The van der Waals surface area contributed by atoms with E-state index in [1.54, 1.807) is 7.05 Å².